The molecule has 0 heterocycles. The summed E-state index contributed by atoms with van der Waals surface area (Å²) in [6.45, 7) is 4.78. The number of nitrogens with two attached hydrogens (primary N) is 1. The minimum absolute atomic E-state index is 0.120. The van der Waals surface area contributed by atoms with Gasteiger partial charge < -0.3 is 10.8 Å². The van der Waals surface area contributed by atoms with E-state index in [0.29, 0.717) is 6.54 Å². The number of benzene rings is 1. The maximum absolute atomic E-state index is 9.16. The molecule has 1 aromatic carbocycles. The first kappa shape index (κ1) is 13.2. The first-order valence-electron chi connectivity index (χ1n) is 5.69. The van der Waals surface area contributed by atoms with E-state index in [-0.39, 0.29) is 18.7 Å². The zero-order chi connectivity index (χ0) is 12.1. The fourth-order valence-electron chi connectivity index (χ4n) is 1.76. The van der Waals surface area contributed by atoms with Crippen LogP contribution in [-0.4, -0.2) is 36.2 Å². The summed E-state index contributed by atoms with van der Waals surface area (Å²) in [5.41, 5.74) is 8.27. The highest BCUT2D eigenvalue weighted by Gasteiger charge is 2.19. The number of likely N-dealkylation sites (N-methyl/N-ethyl adjacent to an activating group) is 1. The van der Waals surface area contributed by atoms with Crippen molar-refractivity contribution in [2.45, 2.75) is 25.9 Å². The van der Waals surface area contributed by atoms with Crippen LogP contribution in [0.15, 0.2) is 24.3 Å². The standard InChI is InChI=1S/C13H22N2O/c1-10-4-6-12(7-5-10)13(8-14)15(3)11(2)9-16/h4-7,11,13,16H,8-9,14H2,1-3H3. The maximum Gasteiger partial charge on any atom is 0.0584 e. The Hall–Kier alpha value is -0.900. The van der Waals surface area contributed by atoms with E-state index in [1.54, 1.807) is 0 Å². The van der Waals surface area contributed by atoms with E-state index < -0.39 is 0 Å². The Balaban J connectivity index is 2.85. The van der Waals surface area contributed by atoms with Crippen molar-refractivity contribution in [3.8, 4) is 0 Å². The van der Waals surface area contributed by atoms with Crippen LogP contribution in [0.2, 0.25) is 0 Å². The molecule has 3 N–H and O–H groups in total. The van der Waals surface area contributed by atoms with Crippen molar-refractivity contribution < 1.29 is 5.11 Å². The quantitative estimate of drug-likeness (QED) is 0.789. The molecule has 2 unspecified atom stereocenters. The van der Waals surface area contributed by atoms with Crippen LogP contribution in [0.5, 0.6) is 0 Å². The summed E-state index contributed by atoms with van der Waals surface area (Å²) in [4.78, 5) is 2.12. The normalized spacial score (nSPS) is 15.1. The van der Waals surface area contributed by atoms with Crippen LogP contribution >= 0.6 is 0 Å². The highest BCUT2D eigenvalue weighted by Crippen LogP contribution is 2.20. The van der Waals surface area contributed by atoms with Crippen LogP contribution in [0, 0.1) is 6.92 Å². The molecule has 1 aromatic rings. The Kier molecular flexibility index (Phi) is 4.93. The summed E-state index contributed by atoms with van der Waals surface area (Å²) in [5.74, 6) is 0. The molecule has 0 spiro atoms. The van der Waals surface area contributed by atoms with Crippen LogP contribution in [0.4, 0.5) is 0 Å². The Morgan fingerprint density at radius 2 is 1.88 bits per heavy atom. The lowest BCUT2D eigenvalue weighted by molar-refractivity contribution is 0.122. The zero-order valence-corrected chi connectivity index (χ0v) is 10.4. The van der Waals surface area contributed by atoms with Crippen molar-refractivity contribution >= 4 is 0 Å². The average molecular weight is 222 g/mol. The van der Waals surface area contributed by atoms with E-state index >= 15 is 0 Å². The number of aliphatic hydroxyl groups excluding tert-OH is 1. The maximum atomic E-state index is 9.16. The fraction of sp³-hybridized carbons (Fsp3) is 0.538. The molecule has 2 atom stereocenters. The topological polar surface area (TPSA) is 49.5 Å². The molecule has 0 aromatic heterocycles. The van der Waals surface area contributed by atoms with Crippen LogP contribution in [0.1, 0.15) is 24.1 Å². The Bertz CT molecular complexity index is 310. The molecule has 16 heavy (non-hydrogen) atoms. The monoisotopic (exact) mass is 222 g/mol. The number of hydrogen-bond donors (Lipinski definition) is 2. The molecule has 0 amide bonds. The van der Waals surface area contributed by atoms with Gasteiger partial charge in [0.1, 0.15) is 0 Å². The van der Waals surface area contributed by atoms with Crippen molar-refractivity contribution in [3.05, 3.63) is 35.4 Å². The Morgan fingerprint density at radius 3 is 2.31 bits per heavy atom. The van der Waals surface area contributed by atoms with Crippen molar-refractivity contribution in [2.75, 3.05) is 20.2 Å². The van der Waals surface area contributed by atoms with E-state index in [1.165, 1.54) is 11.1 Å². The van der Waals surface area contributed by atoms with E-state index in [1.807, 2.05) is 14.0 Å². The summed E-state index contributed by atoms with van der Waals surface area (Å²) in [7, 11) is 2.00. The van der Waals surface area contributed by atoms with Gasteiger partial charge in [-0.15, -0.1) is 0 Å². The summed E-state index contributed by atoms with van der Waals surface area (Å²) < 4.78 is 0. The van der Waals surface area contributed by atoms with Crippen LogP contribution in [0.3, 0.4) is 0 Å². The molecular weight excluding hydrogens is 200 g/mol. The molecule has 0 saturated heterocycles. The largest absolute Gasteiger partial charge is 0.395 e. The first-order chi connectivity index (χ1) is 7.60. The second-order valence-corrected chi connectivity index (χ2v) is 4.36. The van der Waals surface area contributed by atoms with Crippen LogP contribution < -0.4 is 5.73 Å². The fourth-order valence-corrected chi connectivity index (χ4v) is 1.76. The lowest BCUT2D eigenvalue weighted by Crippen LogP contribution is -2.38. The van der Waals surface area contributed by atoms with Crippen molar-refractivity contribution in [1.82, 2.24) is 4.90 Å². The minimum atomic E-state index is 0.120. The third-order valence-electron chi connectivity index (χ3n) is 3.14. The lowest BCUT2D eigenvalue weighted by atomic mass is 10.0. The predicted molar refractivity (Wildman–Crippen MR) is 67.3 cm³/mol. The summed E-state index contributed by atoms with van der Waals surface area (Å²) in [6, 6.07) is 8.68. The third kappa shape index (κ3) is 3.04. The zero-order valence-electron chi connectivity index (χ0n) is 10.4. The van der Waals surface area contributed by atoms with Crippen molar-refractivity contribution in [2.24, 2.45) is 5.73 Å². The molecular formula is C13H22N2O. The van der Waals surface area contributed by atoms with Crippen molar-refractivity contribution in [1.29, 1.82) is 0 Å². The molecule has 0 aliphatic carbocycles. The highest BCUT2D eigenvalue weighted by molar-refractivity contribution is 5.24. The van der Waals surface area contributed by atoms with Gasteiger partial charge in [-0.3, -0.25) is 4.90 Å². The minimum Gasteiger partial charge on any atom is -0.395 e. The number of aryl methyl sites for hydroxylation is 1. The van der Waals surface area contributed by atoms with Gasteiger partial charge >= 0.3 is 0 Å². The van der Waals surface area contributed by atoms with E-state index in [4.69, 9.17) is 10.8 Å². The molecule has 90 valence electrons. The average Bonchev–Trinajstić information content (AvgIpc) is 2.31. The predicted octanol–water partition coefficient (Wildman–Crippen LogP) is 1.31. The molecule has 0 aliphatic heterocycles. The van der Waals surface area contributed by atoms with E-state index in [9.17, 15) is 0 Å². The number of hydrogen-bond acceptors (Lipinski definition) is 3. The van der Waals surface area contributed by atoms with Crippen LogP contribution in [0.25, 0.3) is 0 Å². The van der Waals surface area contributed by atoms with Gasteiger partial charge in [0, 0.05) is 18.6 Å². The first-order valence-corrected chi connectivity index (χ1v) is 5.69. The van der Waals surface area contributed by atoms with Crippen LogP contribution in [-0.2, 0) is 0 Å². The summed E-state index contributed by atoms with van der Waals surface area (Å²) in [5, 5.41) is 9.16. The van der Waals surface area contributed by atoms with Gasteiger partial charge in [-0.1, -0.05) is 29.8 Å². The second kappa shape index (κ2) is 5.99. The van der Waals surface area contributed by atoms with Gasteiger partial charge in [0.2, 0.25) is 0 Å². The molecule has 0 fully saturated rings. The molecule has 0 aliphatic rings. The molecule has 0 bridgehead atoms. The lowest BCUT2D eigenvalue weighted by Gasteiger charge is -2.31. The number of nitrogens with zero attached hydrogens (tertiary/aromatic N) is 1. The third-order valence-corrected chi connectivity index (χ3v) is 3.14. The Morgan fingerprint density at radius 1 is 1.31 bits per heavy atom. The van der Waals surface area contributed by atoms with E-state index in [0.717, 1.165) is 0 Å². The summed E-state index contributed by atoms with van der Waals surface area (Å²) in [6.07, 6.45) is 0. The molecule has 0 radical (unpaired) electrons. The highest BCUT2D eigenvalue weighted by atomic mass is 16.3. The van der Waals surface area contributed by atoms with Gasteiger partial charge in [-0.2, -0.15) is 0 Å². The van der Waals surface area contributed by atoms with Gasteiger partial charge in [0.25, 0.3) is 0 Å². The van der Waals surface area contributed by atoms with Gasteiger partial charge in [-0.25, -0.2) is 0 Å². The molecule has 3 heteroatoms. The SMILES string of the molecule is Cc1ccc(C(CN)N(C)C(C)CO)cc1. The number of rotatable bonds is 5. The molecule has 3 nitrogen and oxygen atoms in total. The second-order valence-electron chi connectivity index (χ2n) is 4.36. The molecule has 0 saturated carbocycles. The van der Waals surface area contributed by atoms with Gasteiger partial charge in [0.15, 0.2) is 0 Å². The molecule has 1 rings (SSSR count). The van der Waals surface area contributed by atoms with Crippen molar-refractivity contribution in [3.63, 3.8) is 0 Å². The van der Waals surface area contributed by atoms with Gasteiger partial charge in [0.05, 0.1) is 6.61 Å². The number of aliphatic hydroxyl groups is 1. The summed E-state index contributed by atoms with van der Waals surface area (Å²) >= 11 is 0. The smallest absolute Gasteiger partial charge is 0.0584 e. The Labute approximate surface area is 97.9 Å². The van der Waals surface area contributed by atoms with Gasteiger partial charge in [-0.05, 0) is 26.5 Å². The van der Waals surface area contributed by atoms with E-state index in [2.05, 4.69) is 36.1 Å².